The van der Waals surface area contributed by atoms with Crippen molar-refractivity contribution in [1.29, 1.82) is 0 Å². The van der Waals surface area contributed by atoms with Crippen LogP contribution in [0.1, 0.15) is 19.0 Å². The molecule has 0 atom stereocenters. The van der Waals surface area contributed by atoms with Crippen LogP contribution in [0.15, 0.2) is 40.5 Å². The Morgan fingerprint density at radius 3 is 2.63 bits per heavy atom. The molecule has 0 aromatic carbocycles. The molecule has 19 heavy (non-hydrogen) atoms. The van der Waals surface area contributed by atoms with Crippen molar-refractivity contribution in [3.05, 3.63) is 36.4 Å². The number of aromatic nitrogens is 3. The summed E-state index contributed by atoms with van der Waals surface area (Å²) in [5.41, 5.74) is 6.08. The molecule has 2 rings (SSSR count). The van der Waals surface area contributed by atoms with Crippen LogP contribution in [0.25, 0.3) is 0 Å². The first-order chi connectivity index (χ1) is 9.07. The van der Waals surface area contributed by atoms with Crippen LogP contribution in [-0.2, 0) is 22.9 Å². The Morgan fingerprint density at radius 2 is 2.05 bits per heavy atom. The molecule has 0 aliphatic rings. The molecule has 0 fully saturated rings. The molecule has 0 radical (unpaired) electrons. The smallest absolute Gasteiger partial charge is 0.211 e. The van der Waals surface area contributed by atoms with Gasteiger partial charge in [-0.3, -0.25) is 9.67 Å². The van der Waals surface area contributed by atoms with Gasteiger partial charge in [-0.05, 0) is 18.6 Å². The molecule has 0 amide bonds. The van der Waals surface area contributed by atoms with Crippen LogP contribution in [0.5, 0.6) is 0 Å². The zero-order valence-corrected chi connectivity index (χ0v) is 11.5. The van der Waals surface area contributed by atoms with Crippen molar-refractivity contribution in [2.24, 2.45) is 5.73 Å². The van der Waals surface area contributed by atoms with Crippen molar-refractivity contribution in [3.8, 4) is 0 Å². The van der Waals surface area contributed by atoms with Gasteiger partial charge in [-0.1, -0.05) is 6.92 Å². The van der Waals surface area contributed by atoms with Crippen molar-refractivity contribution in [2.75, 3.05) is 0 Å². The van der Waals surface area contributed by atoms with Crippen molar-refractivity contribution in [1.82, 2.24) is 14.8 Å². The number of nitrogens with zero attached hydrogens (tertiary/aromatic N) is 3. The Hall–Kier alpha value is -1.73. The molecule has 0 aliphatic heterocycles. The highest BCUT2D eigenvalue weighted by atomic mass is 32.2. The van der Waals surface area contributed by atoms with Crippen LogP contribution >= 0.6 is 0 Å². The molecule has 2 aromatic heterocycles. The maximum Gasteiger partial charge on any atom is 0.211 e. The Morgan fingerprint density at radius 1 is 1.26 bits per heavy atom. The summed E-state index contributed by atoms with van der Waals surface area (Å²) in [6.07, 6.45) is 5.13. The van der Waals surface area contributed by atoms with Gasteiger partial charge in [0, 0.05) is 25.5 Å². The zero-order valence-electron chi connectivity index (χ0n) is 10.7. The van der Waals surface area contributed by atoms with Gasteiger partial charge < -0.3 is 5.73 Å². The van der Waals surface area contributed by atoms with Gasteiger partial charge in [0.25, 0.3) is 0 Å². The molecule has 0 bridgehead atoms. The van der Waals surface area contributed by atoms with Crippen LogP contribution in [0.2, 0.25) is 0 Å². The number of pyridine rings is 1. The summed E-state index contributed by atoms with van der Waals surface area (Å²) >= 11 is 0. The third-order valence-corrected chi connectivity index (χ3v) is 4.38. The summed E-state index contributed by atoms with van der Waals surface area (Å²) in [4.78, 5) is 4.34. The van der Waals surface area contributed by atoms with E-state index in [0.717, 1.165) is 6.42 Å². The van der Waals surface area contributed by atoms with Gasteiger partial charge in [0.15, 0.2) is 0 Å². The van der Waals surface area contributed by atoms with Crippen molar-refractivity contribution in [2.45, 2.75) is 36.2 Å². The third-order valence-electron chi connectivity index (χ3n) is 2.69. The van der Waals surface area contributed by atoms with E-state index in [1.54, 1.807) is 10.7 Å². The number of aryl methyl sites for hydroxylation is 1. The SMILES string of the molecule is CCCn1cc(S(=O)(=O)c2ccc(CN)nc2)cn1. The van der Waals surface area contributed by atoms with Crippen molar-refractivity contribution >= 4 is 9.84 Å². The van der Waals surface area contributed by atoms with Crippen LogP contribution in [0.3, 0.4) is 0 Å². The number of sulfone groups is 1. The highest BCUT2D eigenvalue weighted by Crippen LogP contribution is 2.19. The number of hydrogen-bond donors (Lipinski definition) is 1. The van der Waals surface area contributed by atoms with Crippen LogP contribution in [-0.4, -0.2) is 23.2 Å². The van der Waals surface area contributed by atoms with Crippen LogP contribution in [0.4, 0.5) is 0 Å². The monoisotopic (exact) mass is 280 g/mol. The standard InChI is InChI=1S/C12H16N4O2S/c1-2-5-16-9-12(8-15-16)19(17,18)11-4-3-10(6-13)14-7-11/h3-4,7-9H,2,5-6,13H2,1H3. The summed E-state index contributed by atoms with van der Waals surface area (Å²) < 4.78 is 26.3. The fourth-order valence-corrected chi connectivity index (χ4v) is 2.82. The van der Waals surface area contributed by atoms with Gasteiger partial charge in [0.2, 0.25) is 9.84 Å². The minimum atomic E-state index is -3.55. The Kier molecular flexibility index (Phi) is 3.96. The Labute approximate surface area is 112 Å². The van der Waals surface area contributed by atoms with Gasteiger partial charge in [-0.2, -0.15) is 5.10 Å². The summed E-state index contributed by atoms with van der Waals surface area (Å²) in [5, 5.41) is 4.03. The largest absolute Gasteiger partial charge is 0.325 e. The van der Waals surface area contributed by atoms with Crippen molar-refractivity contribution in [3.63, 3.8) is 0 Å². The molecule has 2 aromatic rings. The molecule has 2 heterocycles. The van der Waals surface area contributed by atoms with Crippen LogP contribution in [0, 0.1) is 0 Å². The number of nitrogens with two attached hydrogens (primary N) is 1. The lowest BCUT2D eigenvalue weighted by atomic mass is 10.4. The second-order valence-electron chi connectivity index (χ2n) is 4.13. The van der Waals surface area contributed by atoms with Gasteiger partial charge in [0.05, 0.1) is 16.8 Å². The first-order valence-electron chi connectivity index (χ1n) is 6.00. The lowest BCUT2D eigenvalue weighted by molar-refractivity contribution is 0.591. The van der Waals surface area contributed by atoms with E-state index in [0.29, 0.717) is 12.2 Å². The van der Waals surface area contributed by atoms with Crippen LogP contribution < -0.4 is 5.73 Å². The summed E-state index contributed by atoms with van der Waals surface area (Å²) in [5.74, 6) is 0. The second kappa shape index (κ2) is 5.50. The van der Waals surface area contributed by atoms with Gasteiger partial charge in [0.1, 0.15) is 4.90 Å². The van der Waals surface area contributed by atoms with E-state index in [9.17, 15) is 8.42 Å². The normalized spacial score (nSPS) is 11.7. The molecule has 0 aliphatic carbocycles. The summed E-state index contributed by atoms with van der Waals surface area (Å²) in [7, 11) is -3.55. The predicted molar refractivity (Wildman–Crippen MR) is 70.1 cm³/mol. The highest BCUT2D eigenvalue weighted by molar-refractivity contribution is 7.91. The van der Waals surface area contributed by atoms with Gasteiger partial charge in [-0.15, -0.1) is 0 Å². The lowest BCUT2D eigenvalue weighted by Crippen LogP contribution is -2.04. The Bertz CT molecular complexity index is 647. The molecule has 0 saturated heterocycles. The molecule has 102 valence electrons. The highest BCUT2D eigenvalue weighted by Gasteiger charge is 2.19. The number of hydrogen-bond acceptors (Lipinski definition) is 5. The zero-order chi connectivity index (χ0) is 13.9. The second-order valence-corrected chi connectivity index (χ2v) is 6.08. The lowest BCUT2D eigenvalue weighted by Gasteiger charge is -2.02. The summed E-state index contributed by atoms with van der Waals surface area (Å²) in [6.45, 7) is 2.99. The molecule has 0 saturated carbocycles. The maximum absolute atomic E-state index is 12.3. The van der Waals surface area contributed by atoms with E-state index in [1.165, 1.54) is 24.7 Å². The van der Waals surface area contributed by atoms with E-state index in [4.69, 9.17) is 5.73 Å². The minimum absolute atomic E-state index is 0.153. The Balaban J connectivity index is 2.34. The molecule has 6 nitrogen and oxygen atoms in total. The first kappa shape index (κ1) is 13.7. The first-order valence-corrected chi connectivity index (χ1v) is 7.48. The fraction of sp³-hybridized carbons (Fsp3) is 0.333. The van der Waals surface area contributed by atoms with Gasteiger partial charge in [-0.25, -0.2) is 8.42 Å². The van der Waals surface area contributed by atoms with Gasteiger partial charge >= 0.3 is 0 Å². The van der Waals surface area contributed by atoms with E-state index < -0.39 is 9.84 Å². The average Bonchev–Trinajstić information content (AvgIpc) is 2.89. The van der Waals surface area contributed by atoms with E-state index in [-0.39, 0.29) is 16.3 Å². The third kappa shape index (κ3) is 2.82. The molecule has 0 unspecified atom stereocenters. The van der Waals surface area contributed by atoms with E-state index in [2.05, 4.69) is 10.1 Å². The maximum atomic E-state index is 12.3. The number of rotatable bonds is 5. The molecule has 0 spiro atoms. The van der Waals surface area contributed by atoms with E-state index >= 15 is 0 Å². The average molecular weight is 280 g/mol. The van der Waals surface area contributed by atoms with E-state index in [1.807, 2.05) is 6.92 Å². The predicted octanol–water partition coefficient (Wildman–Crippen LogP) is 0.980. The summed E-state index contributed by atoms with van der Waals surface area (Å²) in [6, 6.07) is 3.13. The quantitative estimate of drug-likeness (QED) is 0.881. The molecular formula is C12H16N4O2S. The molecule has 2 N–H and O–H groups in total. The van der Waals surface area contributed by atoms with Crippen molar-refractivity contribution < 1.29 is 8.42 Å². The topological polar surface area (TPSA) is 90.9 Å². The minimum Gasteiger partial charge on any atom is -0.325 e. The fourth-order valence-electron chi connectivity index (χ4n) is 1.66. The molecular weight excluding hydrogens is 264 g/mol. The molecule has 7 heteroatoms.